The van der Waals surface area contributed by atoms with Gasteiger partial charge in [-0.15, -0.1) is 0 Å². The SMILES string of the molecule is COC(=O)c1cccc(NC(=O)c2cncc(C(=O)N3CCCC3)c2)c1. The number of hydrogen-bond donors (Lipinski definition) is 1. The van der Waals surface area contributed by atoms with Crippen molar-refractivity contribution in [3.05, 3.63) is 59.4 Å². The van der Waals surface area contributed by atoms with E-state index in [4.69, 9.17) is 0 Å². The van der Waals surface area contributed by atoms with Crippen molar-refractivity contribution in [1.82, 2.24) is 9.88 Å². The average molecular weight is 353 g/mol. The van der Waals surface area contributed by atoms with Crippen LogP contribution in [0.2, 0.25) is 0 Å². The zero-order valence-corrected chi connectivity index (χ0v) is 14.4. The Morgan fingerprint density at radius 1 is 1.04 bits per heavy atom. The number of benzene rings is 1. The largest absolute Gasteiger partial charge is 0.465 e. The lowest BCUT2D eigenvalue weighted by atomic mass is 10.1. The summed E-state index contributed by atoms with van der Waals surface area (Å²) < 4.78 is 4.67. The van der Waals surface area contributed by atoms with Crippen LogP contribution in [0.3, 0.4) is 0 Å². The molecule has 2 aromatic rings. The van der Waals surface area contributed by atoms with Gasteiger partial charge in [0.15, 0.2) is 0 Å². The normalized spacial score (nSPS) is 13.3. The van der Waals surface area contributed by atoms with E-state index in [2.05, 4.69) is 15.0 Å². The van der Waals surface area contributed by atoms with E-state index >= 15 is 0 Å². The van der Waals surface area contributed by atoms with Crippen molar-refractivity contribution in [1.29, 1.82) is 0 Å². The van der Waals surface area contributed by atoms with Crippen molar-refractivity contribution in [3.8, 4) is 0 Å². The second-order valence-corrected chi connectivity index (χ2v) is 5.99. The summed E-state index contributed by atoms with van der Waals surface area (Å²) in [7, 11) is 1.29. The second kappa shape index (κ2) is 7.77. The van der Waals surface area contributed by atoms with E-state index in [-0.39, 0.29) is 11.5 Å². The van der Waals surface area contributed by atoms with Crippen molar-refractivity contribution < 1.29 is 19.1 Å². The molecule has 2 heterocycles. The molecule has 134 valence electrons. The third-order valence-corrected chi connectivity index (χ3v) is 4.18. The Morgan fingerprint density at radius 3 is 2.50 bits per heavy atom. The van der Waals surface area contributed by atoms with Crippen LogP contribution in [-0.4, -0.2) is 47.9 Å². The zero-order chi connectivity index (χ0) is 18.5. The summed E-state index contributed by atoms with van der Waals surface area (Å²) in [6, 6.07) is 7.96. The Kier molecular flexibility index (Phi) is 5.26. The van der Waals surface area contributed by atoms with Gasteiger partial charge in [0, 0.05) is 31.2 Å². The first-order chi connectivity index (χ1) is 12.6. The number of ether oxygens (including phenoxy) is 1. The molecule has 1 aromatic carbocycles. The van der Waals surface area contributed by atoms with E-state index in [9.17, 15) is 14.4 Å². The minimum atomic E-state index is -0.485. The third-order valence-electron chi connectivity index (χ3n) is 4.18. The molecule has 1 saturated heterocycles. The summed E-state index contributed by atoms with van der Waals surface area (Å²) in [5, 5.41) is 2.70. The fourth-order valence-electron chi connectivity index (χ4n) is 2.83. The highest BCUT2D eigenvalue weighted by Crippen LogP contribution is 2.16. The molecule has 7 nitrogen and oxygen atoms in total. The van der Waals surface area contributed by atoms with Crippen LogP contribution in [0.4, 0.5) is 5.69 Å². The molecule has 1 fully saturated rings. The lowest BCUT2D eigenvalue weighted by Gasteiger charge is -2.15. The van der Waals surface area contributed by atoms with Crippen molar-refractivity contribution in [2.45, 2.75) is 12.8 Å². The molecule has 0 aliphatic carbocycles. The monoisotopic (exact) mass is 353 g/mol. The van der Waals surface area contributed by atoms with Gasteiger partial charge in [-0.25, -0.2) is 4.79 Å². The van der Waals surface area contributed by atoms with E-state index < -0.39 is 11.9 Å². The van der Waals surface area contributed by atoms with Gasteiger partial charge in [0.2, 0.25) is 0 Å². The summed E-state index contributed by atoms with van der Waals surface area (Å²) >= 11 is 0. The number of likely N-dealkylation sites (tertiary alicyclic amines) is 1. The first-order valence-corrected chi connectivity index (χ1v) is 8.32. The first-order valence-electron chi connectivity index (χ1n) is 8.32. The number of aromatic nitrogens is 1. The quantitative estimate of drug-likeness (QED) is 0.853. The van der Waals surface area contributed by atoms with Crippen molar-refractivity contribution in [3.63, 3.8) is 0 Å². The molecular formula is C19H19N3O4. The standard InChI is InChI=1S/C19H19N3O4/c1-26-19(25)13-5-4-6-16(10-13)21-17(23)14-9-15(12-20-11-14)18(24)22-7-2-3-8-22/h4-6,9-12H,2-3,7-8H2,1H3,(H,21,23). The molecule has 0 bridgehead atoms. The van der Waals surface area contributed by atoms with Crippen LogP contribution >= 0.6 is 0 Å². The molecule has 26 heavy (non-hydrogen) atoms. The topological polar surface area (TPSA) is 88.6 Å². The maximum Gasteiger partial charge on any atom is 0.337 e. The lowest BCUT2D eigenvalue weighted by Crippen LogP contribution is -2.28. The van der Waals surface area contributed by atoms with Crippen molar-refractivity contribution >= 4 is 23.5 Å². The maximum atomic E-state index is 12.5. The van der Waals surface area contributed by atoms with Gasteiger partial charge >= 0.3 is 5.97 Å². The molecular weight excluding hydrogens is 334 g/mol. The zero-order valence-electron chi connectivity index (χ0n) is 14.4. The fourth-order valence-corrected chi connectivity index (χ4v) is 2.83. The molecule has 0 spiro atoms. The van der Waals surface area contributed by atoms with Crippen LogP contribution < -0.4 is 5.32 Å². The maximum absolute atomic E-state index is 12.5. The summed E-state index contributed by atoms with van der Waals surface area (Å²) in [6.45, 7) is 1.46. The molecule has 1 aromatic heterocycles. The van der Waals surface area contributed by atoms with Gasteiger partial charge in [0.05, 0.1) is 23.8 Å². The predicted octanol–water partition coefficient (Wildman–Crippen LogP) is 2.36. The molecule has 7 heteroatoms. The Hall–Kier alpha value is -3.22. The van der Waals surface area contributed by atoms with Gasteiger partial charge < -0.3 is 15.0 Å². The molecule has 0 atom stereocenters. The third kappa shape index (κ3) is 3.88. The highest BCUT2D eigenvalue weighted by Gasteiger charge is 2.20. The smallest absolute Gasteiger partial charge is 0.337 e. The van der Waals surface area contributed by atoms with Crippen LogP contribution in [0, 0.1) is 0 Å². The average Bonchev–Trinajstić information content (AvgIpc) is 3.22. The number of anilines is 1. The van der Waals surface area contributed by atoms with Crippen LogP contribution in [0.15, 0.2) is 42.7 Å². The van der Waals surface area contributed by atoms with Gasteiger partial charge in [-0.1, -0.05) is 6.07 Å². The van der Waals surface area contributed by atoms with E-state index in [1.807, 2.05) is 0 Å². The molecule has 0 saturated carbocycles. The van der Waals surface area contributed by atoms with Gasteiger partial charge in [0.25, 0.3) is 11.8 Å². The van der Waals surface area contributed by atoms with Crippen LogP contribution in [-0.2, 0) is 4.74 Å². The van der Waals surface area contributed by atoms with Gasteiger partial charge in [-0.3, -0.25) is 14.6 Å². The number of esters is 1. The van der Waals surface area contributed by atoms with E-state index in [1.54, 1.807) is 23.1 Å². The van der Waals surface area contributed by atoms with E-state index in [1.165, 1.54) is 31.6 Å². The van der Waals surface area contributed by atoms with Crippen molar-refractivity contribution in [2.75, 3.05) is 25.5 Å². The first kappa shape index (κ1) is 17.6. The summed E-state index contributed by atoms with van der Waals surface area (Å²) in [5.41, 5.74) is 1.46. The Balaban J connectivity index is 1.75. The summed E-state index contributed by atoms with van der Waals surface area (Å²) in [4.78, 5) is 42.3. The minimum Gasteiger partial charge on any atom is -0.465 e. The van der Waals surface area contributed by atoms with Crippen LogP contribution in [0.25, 0.3) is 0 Å². The summed E-state index contributed by atoms with van der Waals surface area (Å²) in [5.74, 6) is -1.01. The van der Waals surface area contributed by atoms with Gasteiger partial charge in [-0.2, -0.15) is 0 Å². The Labute approximate surface area is 151 Å². The van der Waals surface area contributed by atoms with Crippen LogP contribution in [0.1, 0.15) is 43.9 Å². The van der Waals surface area contributed by atoms with E-state index in [0.29, 0.717) is 16.8 Å². The Morgan fingerprint density at radius 2 is 1.77 bits per heavy atom. The second-order valence-electron chi connectivity index (χ2n) is 5.99. The summed E-state index contributed by atoms with van der Waals surface area (Å²) in [6.07, 6.45) is 4.86. The number of amides is 2. The molecule has 2 amide bonds. The number of rotatable bonds is 4. The minimum absolute atomic E-state index is 0.114. The predicted molar refractivity (Wildman–Crippen MR) is 95.1 cm³/mol. The number of methoxy groups -OCH3 is 1. The Bertz CT molecular complexity index is 844. The number of hydrogen-bond acceptors (Lipinski definition) is 5. The van der Waals surface area contributed by atoms with Gasteiger partial charge in [0.1, 0.15) is 0 Å². The number of carbonyl (C=O) groups is 3. The van der Waals surface area contributed by atoms with Crippen LogP contribution in [0.5, 0.6) is 0 Å². The van der Waals surface area contributed by atoms with Gasteiger partial charge in [-0.05, 0) is 37.1 Å². The molecule has 3 rings (SSSR count). The molecule has 1 N–H and O–H groups in total. The fraction of sp³-hybridized carbons (Fsp3) is 0.263. The molecule has 1 aliphatic rings. The lowest BCUT2D eigenvalue weighted by molar-refractivity contribution is 0.0600. The highest BCUT2D eigenvalue weighted by molar-refractivity contribution is 6.06. The highest BCUT2D eigenvalue weighted by atomic mass is 16.5. The number of nitrogens with one attached hydrogen (secondary N) is 1. The number of carbonyl (C=O) groups excluding carboxylic acids is 3. The van der Waals surface area contributed by atoms with Crippen molar-refractivity contribution in [2.24, 2.45) is 0 Å². The molecule has 0 unspecified atom stereocenters. The number of pyridine rings is 1. The number of nitrogens with zero attached hydrogens (tertiary/aromatic N) is 2. The van der Waals surface area contributed by atoms with E-state index in [0.717, 1.165) is 25.9 Å². The molecule has 1 aliphatic heterocycles. The molecule has 0 radical (unpaired) electrons.